The van der Waals surface area contributed by atoms with Crippen LogP contribution in [0.5, 0.6) is 5.75 Å². The highest BCUT2D eigenvalue weighted by Crippen LogP contribution is 2.28. The van der Waals surface area contributed by atoms with Crippen LogP contribution in [0.4, 0.5) is 5.69 Å². The van der Waals surface area contributed by atoms with E-state index in [1.807, 2.05) is 13.8 Å². The van der Waals surface area contributed by atoms with Gasteiger partial charge in [0.25, 0.3) is 0 Å². The topological polar surface area (TPSA) is 58.6 Å². The smallest absolute Gasteiger partial charge is 0.325 e. The lowest BCUT2D eigenvalue weighted by atomic mass is 10.2. The maximum Gasteiger partial charge on any atom is 0.325 e. The summed E-state index contributed by atoms with van der Waals surface area (Å²) < 4.78 is 5.48. The second kappa shape index (κ2) is 5.77. The Morgan fingerprint density at radius 2 is 2.06 bits per heavy atom. The molecule has 1 unspecified atom stereocenters. The molecule has 0 radical (unpaired) electrons. The molecule has 0 spiro atoms. The van der Waals surface area contributed by atoms with E-state index in [9.17, 15) is 4.79 Å². The van der Waals surface area contributed by atoms with E-state index in [0.717, 1.165) is 0 Å². The van der Waals surface area contributed by atoms with Gasteiger partial charge in [-0.05, 0) is 39.0 Å². The van der Waals surface area contributed by atoms with Gasteiger partial charge in [0.05, 0.1) is 11.1 Å². The highest BCUT2D eigenvalue weighted by atomic mass is 35.5. The van der Waals surface area contributed by atoms with E-state index in [4.69, 9.17) is 21.4 Å². The van der Waals surface area contributed by atoms with E-state index in [-0.39, 0.29) is 6.10 Å². The maximum absolute atomic E-state index is 10.7. The summed E-state index contributed by atoms with van der Waals surface area (Å²) in [6.07, 6.45) is 0.0456. The van der Waals surface area contributed by atoms with E-state index in [0.29, 0.717) is 16.5 Å². The van der Waals surface area contributed by atoms with Crippen LogP contribution in [0.15, 0.2) is 18.2 Å². The quantitative estimate of drug-likeness (QED) is 0.851. The zero-order chi connectivity index (χ0) is 13.0. The fourth-order valence-electron chi connectivity index (χ4n) is 1.25. The minimum atomic E-state index is -0.913. The summed E-state index contributed by atoms with van der Waals surface area (Å²) >= 11 is 6.02. The number of hydrogen-bond donors (Lipinski definition) is 2. The number of carboxylic acid groups (broad SMARTS) is 1. The maximum atomic E-state index is 10.7. The van der Waals surface area contributed by atoms with Crippen molar-refractivity contribution in [1.82, 2.24) is 0 Å². The third-order valence-corrected chi connectivity index (χ3v) is 2.34. The number of benzene rings is 1. The van der Waals surface area contributed by atoms with Gasteiger partial charge in [0.15, 0.2) is 0 Å². The van der Waals surface area contributed by atoms with Crippen LogP contribution in [-0.4, -0.2) is 23.2 Å². The third kappa shape index (κ3) is 4.15. The Morgan fingerprint density at radius 3 is 2.53 bits per heavy atom. The van der Waals surface area contributed by atoms with Crippen LogP contribution in [0.25, 0.3) is 0 Å². The van der Waals surface area contributed by atoms with Gasteiger partial charge in [0.2, 0.25) is 0 Å². The van der Waals surface area contributed by atoms with Gasteiger partial charge in [-0.1, -0.05) is 11.6 Å². The van der Waals surface area contributed by atoms with Gasteiger partial charge in [0, 0.05) is 5.69 Å². The van der Waals surface area contributed by atoms with Crippen LogP contribution < -0.4 is 10.1 Å². The summed E-state index contributed by atoms with van der Waals surface area (Å²) in [5.74, 6) is -0.321. The molecule has 0 saturated carbocycles. The number of halogens is 1. The molecule has 0 amide bonds. The zero-order valence-electron chi connectivity index (χ0n) is 10.0. The van der Waals surface area contributed by atoms with E-state index in [1.165, 1.54) is 0 Å². The molecular formula is C12H16ClNO3. The largest absolute Gasteiger partial charge is 0.489 e. The van der Waals surface area contributed by atoms with E-state index in [2.05, 4.69) is 5.32 Å². The summed E-state index contributed by atoms with van der Waals surface area (Å²) in [5.41, 5.74) is 0.654. The molecule has 0 aliphatic heterocycles. The third-order valence-electron chi connectivity index (χ3n) is 2.05. The van der Waals surface area contributed by atoms with Crippen molar-refractivity contribution in [3.05, 3.63) is 23.2 Å². The summed E-state index contributed by atoms with van der Waals surface area (Å²) in [4.78, 5) is 10.7. The Kier molecular flexibility index (Phi) is 4.63. The monoisotopic (exact) mass is 257 g/mol. The number of nitrogens with one attached hydrogen (secondary N) is 1. The van der Waals surface area contributed by atoms with Crippen LogP contribution in [0.2, 0.25) is 5.02 Å². The lowest BCUT2D eigenvalue weighted by Gasteiger charge is -2.14. The van der Waals surface area contributed by atoms with Crippen molar-refractivity contribution < 1.29 is 14.6 Å². The standard InChI is InChI=1S/C12H16ClNO3/c1-7(2)17-11-5-4-9(6-10(11)13)14-8(3)12(15)16/h4-8,14H,1-3H3,(H,15,16). The van der Waals surface area contributed by atoms with Crippen molar-refractivity contribution in [1.29, 1.82) is 0 Å². The number of hydrogen-bond acceptors (Lipinski definition) is 3. The molecule has 0 aromatic heterocycles. The molecule has 0 bridgehead atoms. The van der Waals surface area contributed by atoms with Crippen LogP contribution in [0.3, 0.4) is 0 Å². The van der Waals surface area contributed by atoms with Gasteiger partial charge < -0.3 is 15.2 Å². The normalized spacial score (nSPS) is 12.3. The molecule has 0 heterocycles. The molecule has 1 rings (SSSR count). The number of anilines is 1. The predicted molar refractivity (Wildman–Crippen MR) is 67.9 cm³/mol. The first-order valence-corrected chi connectivity index (χ1v) is 5.73. The fourth-order valence-corrected chi connectivity index (χ4v) is 1.48. The molecule has 1 atom stereocenters. The Labute approximate surface area is 106 Å². The molecule has 0 fully saturated rings. The SMILES string of the molecule is CC(C)Oc1ccc(NC(C)C(=O)O)cc1Cl. The minimum absolute atomic E-state index is 0.0456. The Balaban J connectivity index is 2.78. The number of carbonyl (C=O) groups is 1. The molecule has 1 aromatic rings. The van der Waals surface area contributed by atoms with Crippen LogP contribution in [0.1, 0.15) is 20.8 Å². The highest BCUT2D eigenvalue weighted by molar-refractivity contribution is 6.32. The van der Waals surface area contributed by atoms with Crippen molar-refractivity contribution in [2.75, 3.05) is 5.32 Å². The number of ether oxygens (including phenoxy) is 1. The molecule has 1 aromatic carbocycles. The van der Waals surface area contributed by atoms with Crippen LogP contribution in [0, 0.1) is 0 Å². The van der Waals surface area contributed by atoms with Crippen molar-refractivity contribution in [3.63, 3.8) is 0 Å². The van der Waals surface area contributed by atoms with Gasteiger partial charge in [-0.25, -0.2) is 0 Å². The lowest BCUT2D eigenvalue weighted by Crippen LogP contribution is -2.25. The molecule has 2 N–H and O–H groups in total. The molecule has 0 aliphatic rings. The Hall–Kier alpha value is -1.42. The van der Waals surface area contributed by atoms with E-state index < -0.39 is 12.0 Å². The van der Waals surface area contributed by atoms with Gasteiger partial charge in [0.1, 0.15) is 11.8 Å². The second-order valence-corrected chi connectivity index (χ2v) is 4.42. The fraction of sp³-hybridized carbons (Fsp3) is 0.417. The molecular weight excluding hydrogens is 242 g/mol. The minimum Gasteiger partial charge on any atom is -0.489 e. The zero-order valence-corrected chi connectivity index (χ0v) is 10.8. The van der Waals surface area contributed by atoms with Crippen molar-refractivity contribution in [3.8, 4) is 5.75 Å². The van der Waals surface area contributed by atoms with Gasteiger partial charge in [-0.15, -0.1) is 0 Å². The second-order valence-electron chi connectivity index (χ2n) is 4.02. The first kappa shape index (κ1) is 13.6. The van der Waals surface area contributed by atoms with E-state index >= 15 is 0 Å². The number of rotatable bonds is 5. The van der Waals surface area contributed by atoms with E-state index in [1.54, 1.807) is 25.1 Å². The van der Waals surface area contributed by atoms with Crippen LogP contribution >= 0.6 is 11.6 Å². The summed E-state index contributed by atoms with van der Waals surface area (Å²) in [5, 5.41) is 12.0. The van der Waals surface area contributed by atoms with Crippen molar-refractivity contribution in [2.24, 2.45) is 0 Å². The lowest BCUT2D eigenvalue weighted by molar-refractivity contribution is -0.137. The number of aliphatic carboxylic acids is 1. The predicted octanol–water partition coefficient (Wildman–Crippen LogP) is 3.01. The molecule has 0 saturated heterocycles. The molecule has 17 heavy (non-hydrogen) atoms. The number of carboxylic acids is 1. The Morgan fingerprint density at radius 1 is 1.41 bits per heavy atom. The first-order valence-electron chi connectivity index (χ1n) is 5.35. The van der Waals surface area contributed by atoms with Gasteiger partial charge in [-0.2, -0.15) is 0 Å². The Bertz CT molecular complexity index is 407. The average molecular weight is 258 g/mol. The van der Waals surface area contributed by atoms with Crippen molar-refractivity contribution in [2.45, 2.75) is 32.9 Å². The first-order chi connectivity index (χ1) is 7.90. The summed E-state index contributed by atoms with van der Waals surface area (Å²) in [7, 11) is 0. The molecule has 5 heteroatoms. The highest BCUT2D eigenvalue weighted by Gasteiger charge is 2.11. The molecule has 4 nitrogen and oxygen atoms in total. The van der Waals surface area contributed by atoms with Crippen LogP contribution in [-0.2, 0) is 4.79 Å². The van der Waals surface area contributed by atoms with Gasteiger partial charge in [-0.3, -0.25) is 4.79 Å². The van der Waals surface area contributed by atoms with Crippen molar-refractivity contribution >= 4 is 23.3 Å². The summed E-state index contributed by atoms with van der Waals surface area (Å²) in [6.45, 7) is 5.39. The average Bonchev–Trinajstić information content (AvgIpc) is 2.21. The summed E-state index contributed by atoms with van der Waals surface area (Å²) in [6, 6.07) is 4.45. The molecule has 94 valence electrons. The molecule has 0 aliphatic carbocycles. The van der Waals surface area contributed by atoms with Gasteiger partial charge >= 0.3 is 5.97 Å².